The second kappa shape index (κ2) is 12.5. The SMILES string of the molecule is c1ccc(-c2ccccc2-c2ccc(N(c3ccc4ccccc4c3)c3cccc4c3Oc3ccccc3C43c4ccccc4-c4ccccc43)cc2)cc1. The molecule has 2 heteroatoms. The summed E-state index contributed by atoms with van der Waals surface area (Å²) in [4.78, 5) is 2.37. The summed E-state index contributed by atoms with van der Waals surface area (Å²) in [6, 6.07) is 76.7. The van der Waals surface area contributed by atoms with Gasteiger partial charge in [0.2, 0.25) is 0 Å². The maximum Gasteiger partial charge on any atom is 0.156 e. The van der Waals surface area contributed by atoms with Gasteiger partial charge in [-0.2, -0.15) is 0 Å². The molecule has 55 heavy (non-hydrogen) atoms. The van der Waals surface area contributed by atoms with Crippen LogP contribution in [0.25, 0.3) is 44.2 Å². The Bertz CT molecular complexity index is 2860. The smallest absolute Gasteiger partial charge is 0.156 e. The lowest BCUT2D eigenvalue weighted by molar-refractivity contribution is 0.437. The Morgan fingerprint density at radius 2 is 0.873 bits per heavy atom. The summed E-state index contributed by atoms with van der Waals surface area (Å²) in [5, 5.41) is 2.39. The van der Waals surface area contributed by atoms with E-state index >= 15 is 0 Å². The van der Waals surface area contributed by atoms with Gasteiger partial charge in [0.25, 0.3) is 0 Å². The van der Waals surface area contributed by atoms with Crippen molar-refractivity contribution in [2.75, 3.05) is 4.90 Å². The maximum atomic E-state index is 7.15. The van der Waals surface area contributed by atoms with E-state index in [0.29, 0.717) is 0 Å². The molecular formula is C53H35NO. The summed E-state index contributed by atoms with van der Waals surface area (Å²) in [6.45, 7) is 0. The van der Waals surface area contributed by atoms with E-state index in [1.165, 1.54) is 55.3 Å². The van der Waals surface area contributed by atoms with Gasteiger partial charge in [-0.15, -0.1) is 0 Å². The summed E-state index contributed by atoms with van der Waals surface area (Å²) < 4.78 is 7.15. The van der Waals surface area contributed by atoms with E-state index in [0.717, 1.165) is 39.7 Å². The van der Waals surface area contributed by atoms with Crippen molar-refractivity contribution in [1.82, 2.24) is 0 Å². The number of hydrogen-bond donors (Lipinski definition) is 0. The number of ether oxygens (including phenoxy) is 1. The van der Waals surface area contributed by atoms with Gasteiger partial charge in [-0.25, -0.2) is 0 Å². The van der Waals surface area contributed by atoms with E-state index < -0.39 is 5.41 Å². The molecule has 9 aromatic rings. The molecule has 1 heterocycles. The van der Waals surface area contributed by atoms with Crippen molar-refractivity contribution in [2.45, 2.75) is 5.41 Å². The summed E-state index contributed by atoms with van der Waals surface area (Å²) >= 11 is 0. The first-order valence-corrected chi connectivity index (χ1v) is 18.9. The zero-order chi connectivity index (χ0) is 36.3. The van der Waals surface area contributed by atoms with Crippen molar-refractivity contribution >= 4 is 27.8 Å². The second-order valence-electron chi connectivity index (χ2n) is 14.4. The Kier molecular flexibility index (Phi) is 7.11. The van der Waals surface area contributed by atoms with Crippen molar-refractivity contribution in [1.29, 1.82) is 0 Å². The zero-order valence-electron chi connectivity index (χ0n) is 30.1. The predicted molar refractivity (Wildman–Crippen MR) is 227 cm³/mol. The van der Waals surface area contributed by atoms with Gasteiger partial charge < -0.3 is 9.64 Å². The van der Waals surface area contributed by atoms with Crippen LogP contribution in [0.4, 0.5) is 17.1 Å². The fourth-order valence-corrected chi connectivity index (χ4v) is 9.18. The third-order valence-corrected chi connectivity index (χ3v) is 11.5. The lowest BCUT2D eigenvalue weighted by Gasteiger charge is -2.41. The van der Waals surface area contributed by atoms with Crippen molar-refractivity contribution in [3.05, 3.63) is 235 Å². The molecule has 11 rings (SSSR count). The molecule has 0 saturated carbocycles. The van der Waals surface area contributed by atoms with Gasteiger partial charge in [-0.1, -0.05) is 176 Å². The van der Waals surface area contributed by atoms with Crippen LogP contribution in [0.1, 0.15) is 22.3 Å². The lowest BCUT2D eigenvalue weighted by Crippen LogP contribution is -2.32. The molecule has 0 N–H and O–H groups in total. The number of anilines is 3. The molecule has 0 radical (unpaired) electrons. The van der Waals surface area contributed by atoms with Crippen LogP contribution in [-0.4, -0.2) is 0 Å². The quantitative estimate of drug-likeness (QED) is 0.177. The first-order valence-electron chi connectivity index (χ1n) is 18.9. The highest BCUT2D eigenvalue weighted by atomic mass is 16.5. The Hall–Kier alpha value is -7.16. The first kappa shape index (κ1) is 31.4. The van der Waals surface area contributed by atoms with Crippen molar-refractivity contribution in [2.24, 2.45) is 0 Å². The highest BCUT2D eigenvalue weighted by Crippen LogP contribution is 2.63. The van der Waals surface area contributed by atoms with E-state index in [9.17, 15) is 0 Å². The molecule has 0 unspecified atom stereocenters. The summed E-state index contributed by atoms with van der Waals surface area (Å²) in [6.07, 6.45) is 0. The highest BCUT2D eigenvalue weighted by Gasteiger charge is 2.51. The molecule has 0 saturated heterocycles. The molecule has 0 bridgehead atoms. The van der Waals surface area contributed by atoms with E-state index in [-0.39, 0.29) is 0 Å². The molecule has 2 nitrogen and oxygen atoms in total. The predicted octanol–water partition coefficient (Wildman–Crippen LogP) is 14.1. The minimum Gasteiger partial charge on any atom is -0.454 e. The fraction of sp³-hybridized carbons (Fsp3) is 0.0189. The third kappa shape index (κ3) is 4.75. The van der Waals surface area contributed by atoms with Crippen LogP contribution in [0.15, 0.2) is 212 Å². The summed E-state index contributed by atoms with van der Waals surface area (Å²) in [5.74, 6) is 1.74. The van der Waals surface area contributed by atoms with Crippen LogP contribution in [0.2, 0.25) is 0 Å². The minimum absolute atomic E-state index is 0.548. The number of nitrogens with zero attached hydrogens (tertiary/aromatic N) is 1. The largest absolute Gasteiger partial charge is 0.454 e. The molecule has 0 fully saturated rings. The number of para-hydroxylation sites is 2. The third-order valence-electron chi connectivity index (χ3n) is 11.5. The number of benzene rings is 9. The van der Waals surface area contributed by atoms with Gasteiger partial charge in [-0.3, -0.25) is 0 Å². The Labute approximate surface area is 321 Å². The molecule has 0 aromatic heterocycles. The minimum atomic E-state index is -0.548. The average molecular weight is 702 g/mol. The molecule has 2 aliphatic rings. The van der Waals surface area contributed by atoms with E-state index in [1.54, 1.807) is 0 Å². The average Bonchev–Trinajstić information content (AvgIpc) is 3.55. The van der Waals surface area contributed by atoms with Gasteiger partial charge in [0.15, 0.2) is 5.75 Å². The van der Waals surface area contributed by atoms with Crippen LogP contribution in [0.3, 0.4) is 0 Å². The van der Waals surface area contributed by atoms with E-state index in [4.69, 9.17) is 4.74 Å². The zero-order valence-corrected chi connectivity index (χ0v) is 30.1. The normalized spacial score (nSPS) is 13.0. The molecular weight excluding hydrogens is 667 g/mol. The van der Waals surface area contributed by atoms with Crippen LogP contribution in [-0.2, 0) is 5.41 Å². The molecule has 0 amide bonds. The van der Waals surface area contributed by atoms with Gasteiger partial charge in [0.1, 0.15) is 5.75 Å². The van der Waals surface area contributed by atoms with Crippen LogP contribution >= 0.6 is 0 Å². The van der Waals surface area contributed by atoms with Gasteiger partial charge in [-0.05, 0) is 91.7 Å². The van der Waals surface area contributed by atoms with E-state index in [1.807, 2.05) is 0 Å². The van der Waals surface area contributed by atoms with Gasteiger partial charge >= 0.3 is 0 Å². The number of fused-ring (bicyclic) bond motifs is 10. The molecule has 258 valence electrons. The highest BCUT2D eigenvalue weighted by molar-refractivity contribution is 5.94. The molecule has 1 aliphatic heterocycles. The topological polar surface area (TPSA) is 12.5 Å². The standard InChI is InChI=1S/C53H35NO/c1-2-16-37(17-3-1)42-19-6-7-20-43(42)38-30-32-40(33-31-38)54(41-34-29-36-15-4-5-18-39(36)35-41)50-27-14-26-49-52(50)55-51-28-13-12-25-48(51)53(49)46-23-10-8-21-44(46)45-22-9-11-24-47(45)53/h1-35H. The van der Waals surface area contributed by atoms with E-state index in [2.05, 4.69) is 217 Å². The summed E-state index contributed by atoms with van der Waals surface area (Å²) in [7, 11) is 0. The van der Waals surface area contributed by atoms with Gasteiger partial charge in [0, 0.05) is 22.5 Å². The number of rotatable bonds is 5. The van der Waals surface area contributed by atoms with Gasteiger partial charge in [0.05, 0.1) is 11.1 Å². The monoisotopic (exact) mass is 701 g/mol. The maximum absolute atomic E-state index is 7.15. The Morgan fingerprint density at radius 3 is 1.58 bits per heavy atom. The Balaban J connectivity index is 1.14. The molecule has 0 atom stereocenters. The molecule has 1 spiro atoms. The van der Waals surface area contributed by atoms with Crippen molar-refractivity contribution in [3.63, 3.8) is 0 Å². The lowest BCUT2D eigenvalue weighted by atomic mass is 9.66. The fourth-order valence-electron chi connectivity index (χ4n) is 9.18. The molecule has 9 aromatic carbocycles. The van der Waals surface area contributed by atoms with Crippen LogP contribution < -0.4 is 9.64 Å². The number of hydrogen-bond acceptors (Lipinski definition) is 2. The first-order chi connectivity index (χ1) is 27.3. The molecule has 1 aliphatic carbocycles. The Morgan fingerprint density at radius 1 is 0.345 bits per heavy atom. The van der Waals surface area contributed by atoms with Crippen LogP contribution in [0.5, 0.6) is 11.5 Å². The second-order valence-corrected chi connectivity index (χ2v) is 14.4. The van der Waals surface area contributed by atoms with Crippen LogP contribution in [0, 0.1) is 0 Å². The van der Waals surface area contributed by atoms with Crippen molar-refractivity contribution in [3.8, 4) is 44.9 Å². The summed E-state index contributed by atoms with van der Waals surface area (Å²) in [5.41, 5.74) is 14.7. The van der Waals surface area contributed by atoms with Crippen molar-refractivity contribution < 1.29 is 4.74 Å².